The summed E-state index contributed by atoms with van der Waals surface area (Å²) in [4.78, 5) is 25.6. The second-order valence-corrected chi connectivity index (χ2v) is 3.99. The number of hydrogen-bond acceptors (Lipinski definition) is 2. The van der Waals surface area contributed by atoms with E-state index in [-0.39, 0.29) is 0 Å². The van der Waals surface area contributed by atoms with Crippen molar-refractivity contribution in [1.82, 2.24) is 0 Å². The maximum absolute atomic E-state index is 11.4. The molecule has 0 saturated heterocycles. The van der Waals surface area contributed by atoms with Crippen molar-refractivity contribution >= 4 is 34.5 Å². The van der Waals surface area contributed by atoms with Crippen LogP contribution in [-0.4, -0.2) is 11.6 Å². The fourth-order valence-electron chi connectivity index (χ4n) is 2.01. The monoisotopic (exact) mass is 292 g/mol. The largest absolute Gasteiger partial charge is 0.373 e. The Balaban J connectivity index is 0.000000353. The van der Waals surface area contributed by atoms with Gasteiger partial charge < -0.3 is 22.1 Å². The van der Waals surface area contributed by atoms with E-state index in [4.69, 9.17) is 22.1 Å². The molecule has 8 heteroatoms. The Hall–Kier alpha value is -3.60. The Labute approximate surface area is 123 Å². The van der Waals surface area contributed by atoms with Gasteiger partial charge in [-0.05, 0) is 33.4 Å². The van der Waals surface area contributed by atoms with E-state index in [1.54, 1.807) is 0 Å². The lowest BCUT2D eigenvalue weighted by atomic mass is 10.0. The van der Waals surface area contributed by atoms with Crippen molar-refractivity contribution < 1.29 is 9.59 Å². The summed E-state index contributed by atoms with van der Waals surface area (Å²) in [6, 6.07) is 11.7. The first kappa shape index (κ1) is 16.5. The molecule has 1 aliphatic rings. The molecule has 0 aromatic heterocycles. The number of rotatable bonds is 0. The molecular weight excluding hydrogens is 284 g/mol. The third kappa shape index (κ3) is 3.71. The van der Waals surface area contributed by atoms with Crippen LogP contribution in [0.4, 0.5) is 0 Å². The van der Waals surface area contributed by atoms with Crippen LogP contribution in [0.1, 0.15) is 0 Å². The molecule has 0 unspecified atom stereocenters. The highest BCUT2D eigenvalue weighted by molar-refractivity contribution is 6.57. The summed E-state index contributed by atoms with van der Waals surface area (Å²) in [6.45, 7) is 0. The van der Waals surface area contributed by atoms with Crippen LogP contribution in [0.25, 0.3) is 54.9 Å². The normalized spacial score (nSPS) is 11.1. The Morgan fingerprint density at radius 2 is 1.27 bits per heavy atom. The predicted octanol–water partition coefficient (Wildman–Crippen LogP) is 2.28. The zero-order valence-corrected chi connectivity index (χ0v) is 11.1. The van der Waals surface area contributed by atoms with Crippen molar-refractivity contribution in [2.75, 3.05) is 0 Å². The lowest BCUT2D eigenvalue weighted by molar-refractivity contribution is -0.129. The molecular formula is C14H8N6O2-2. The topological polar surface area (TPSA) is 152 Å². The summed E-state index contributed by atoms with van der Waals surface area (Å²) in [7, 11) is 0. The van der Waals surface area contributed by atoms with Gasteiger partial charge in [0, 0.05) is 0 Å². The lowest BCUT2D eigenvalue weighted by Crippen LogP contribution is -2.33. The Kier molecular flexibility index (Phi) is 5.88. The standard InChI is InChI=1S/C14H8O2.2N3/c15-13-7-10-6-5-9-3-1-2-4-11(9)12(10)8-14(13)16;2*1-3-2/h1-8H;;/q;2*-1. The summed E-state index contributed by atoms with van der Waals surface area (Å²) >= 11 is 0. The average Bonchev–Trinajstić information content (AvgIpc) is 2.50. The van der Waals surface area contributed by atoms with Crippen molar-refractivity contribution in [2.24, 2.45) is 0 Å². The third-order valence-corrected chi connectivity index (χ3v) is 2.81. The molecule has 0 atom stereocenters. The highest BCUT2D eigenvalue weighted by Crippen LogP contribution is 2.07. The first-order chi connectivity index (χ1) is 10.6. The fourth-order valence-corrected chi connectivity index (χ4v) is 2.01. The van der Waals surface area contributed by atoms with Gasteiger partial charge in [0.25, 0.3) is 0 Å². The molecule has 1 aliphatic carbocycles. The van der Waals surface area contributed by atoms with Crippen LogP contribution in [-0.2, 0) is 9.59 Å². The van der Waals surface area contributed by atoms with Gasteiger partial charge in [0.15, 0.2) is 0 Å². The summed E-state index contributed by atoms with van der Waals surface area (Å²) in [5.41, 5.74) is 27.0. The lowest BCUT2D eigenvalue weighted by Gasteiger charge is -2.02. The van der Waals surface area contributed by atoms with E-state index < -0.39 is 11.6 Å². The Morgan fingerprint density at radius 1 is 0.727 bits per heavy atom. The first-order valence-electron chi connectivity index (χ1n) is 5.85. The van der Waals surface area contributed by atoms with Gasteiger partial charge in [0.1, 0.15) is 0 Å². The average molecular weight is 292 g/mol. The summed E-state index contributed by atoms with van der Waals surface area (Å²) in [5, 5.41) is 3.76. The van der Waals surface area contributed by atoms with E-state index in [2.05, 4.69) is 0 Å². The van der Waals surface area contributed by atoms with E-state index in [9.17, 15) is 9.59 Å². The van der Waals surface area contributed by atoms with Crippen molar-refractivity contribution in [1.29, 1.82) is 0 Å². The van der Waals surface area contributed by atoms with E-state index in [0.29, 0.717) is 0 Å². The molecule has 2 aromatic carbocycles. The smallest absolute Gasteiger partial charge is 0.226 e. The molecule has 0 bridgehead atoms. The number of fused-ring (bicyclic) bond motifs is 3. The summed E-state index contributed by atoms with van der Waals surface area (Å²) in [5.74, 6) is -0.883. The minimum Gasteiger partial charge on any atom is -0.373 e. The molecule has 0 N–H and O–H groups in total. The van der Waals surface area contributed by atoms with Crippen LogP contribution < -0.4 is 10.4 Å². The molecule has 0 fully saturated rings. The van der Waals surface area contributed by atoms with Crippen LogP contribution in [0.5, 0.6) is 0 Å². The fraction of sp³-hybridized carbons (Fsp3) is 0. The molecule has 2 aromatic rings. The minimum atomic E-state index is -0.442. The zero-order valence-electron chi connectivity index (χ0n) is 11.1. The molecule has 0 saturated carbocycles. The van der Waals surface area contributed by atoms with E-state index >= 15 is 0 Å². The van der Waals surface area contributed by atoms with Crippen LogP contribution >= 0.6 is 0 Å². The minimum absolute atomic E-state index is 0.441. The number of carbonyl (C=O) groups is 2. The number of nitrogens with zero attached hydrogens (tertiary/aromatic N) is 6. The predicted molar refractivity (Wildman–Crippen MR) is 82.3 cm³/mol. The van der Waals surface area contributed by atoms with Gasteiger partial charge in [0.05, 0.1) is 0 Å². The van der Waals surface area contributed by atoms with Gasteiger partial charge in [-0.2, -0.15) is 0 Å². The molecule has 0 aliphatic heterocycles. The van der Waals surface area contributed by atoms with Crippen LogP contribution in [0.2, 0.25) is 0 Å². The molecule has 8 nitrogen and oxygen atoms in total. The van der Waals surface area contributed by atoms with Crippen LogP contribution in [0, 0.1) is 0 Å². The van der Waals surface area contributed by atoms with Gasteiger partial charge >= 0.3 is 0 Å². The van der Waals surface area contributed by atoms with Gasteiger partial charge in [-0.25, -0.2) is 0 Å². The molecule has 0 radical (unpaired) electrons. The van der Waals surface area contributed by atoms with Crippen molar-refractivity contribution in [3.63, 3.8) is 0 Å². The number of benzene rings is 2. The van der Waals surface area contributed by atoms with E-state index in [0.717, 1.165) is 21.2 Å². The van der Waals surface area contributed by atoms with Crippen LogP contribution in [0.3, 0.4) is 0 Å². The van der Waals surface area contributed by atoms with E-state index in [1.165, 1.54) is 22.0 Å². The maximum Gasteiger partial charge on any atom is 0.226 e. The number of hydrogen-bond donors (Lipinski definition) is 0. The maximum atomic E-state index is 11.4. The van der Waals surface area contributed by atoms with Gasteiger partial charge in [-0.3, -0.25) is 19.4 Å². The quantitative estimate of drug-likeness (QED) is 0.316. The highest BCUT2D eigenvalue weighted by Gasteiger charge is 2.12. The second kappa shape index (κ2) is 7.86. The first-order valence-corrected chi connectivity index (χ1v) is 5.85. The zero-order chi connectivity index (χ0) is 16.5. The van der Waals surface area contributed by atoms with Crippen molar-refractivity contribution in [3.8, 4) is 0 Å². The van der Waals surface area contributed by atoms with Crippen molar-refractivity contribution in [2.45, 2.75) is 0 Å². The molecule has 108 valence electrons. The number of ketones is 2. The van der Waals surface area contributed by atoms with Crippen LogP contribution in [0.15, 0.2) is 36.4 Å². The Morgan fingerprint density at radius 3 is 1.91 bits per heavy atom. The SMILES string of the molecule is O=C1C=c2ccc3ccccc3c2=CC1=O.[N-]=[N+]=[N-].[N-]=[N+]=[N-]. The van der Waals surface area contributed by atoms with Gasteiger partial charge in [-0.1, -0.05) is 36.4 Å². The Bertz CT molecular complexity index is 908. The van der Waals surface area contributed by atoms with E-state index in [1.807, 2.05) is 36.4 Å². The molecule has 0 spiro atoms. The highest BCUT2D eigenvalue weighted by atomic mass is 16.2. The molecule has 0 heterocycles. The summed E-state index contributed by atoms with van der Waals surface area (Å²) < 4.78 is 0. The molecule has 3 rings (SSSR count). The number of carbonyl (C=O) groups excluding carboxylic acids is 2. The number of Topliss-reactive ketones (excluding diaryl/α,β-unsaturated/α-hetero) is 2. The third-order valence-electron chi connectivity index (χ3n) is 2.81. The van der Waals surface area contributed by atoms with Gasteiger partial charge in [0.2, 0.25) is 11.6 Å². The summed E-state index contributed by atoms with van der Waals surface area (Å²) in [6.07, 6.45) is 2.84. The van der Waals surface area contributed by atoms with Gasteiger partial charge in [-0.15, -0.1) is 0 Å². The molecule has 0 amide bonds. The second-order valence-electron chi connectivity index (χ2n) is 3.99. The molecule has 22 heavy (non-hydrogen) atoms. The van der Waals surface area contributed by atoms with Crippen molar-refractivity contribution in [3.05, 3.63) is 78.8 Å².